The number of aliphatic hydroxyl groups excluding tert-OH is 1. The van der Waals surface area contributed by atoms with Crippen molar-refractivity contribution in [3.63, 3.8) is 0 Å². The van der Waals surface area contributed by atoms with Crippen LogP contribution in [0.5, 0.6) is 5.75 Å². The van der Waals surface area contributed by atoms with E-state index in [4.69, 9.17) is 9.84 Å². The highest BCUT2D eigenvalue weighted by atomic mass is 16.5. The number of rotatable bonds is 7. The number of hydrogen-bond donors (Lipinski definition) is 1. The van der Waals surface area contributed by atoms with Crippen molar-refractivity contribution in [1.82, 2.24) is 4.90 Å². The molecule has 0 unspecified atom stereocenters. The van der Waals surface area contributed by atoms with Crippen molar-refractivity contribution in [2.75, 3.05) is 26.3 Å². The van der Waals surface area contributed by atoms with Gasteiger partial charge in [0.05, 0.1) is 6.61 Å². The van der Waals surface area contributed by atoms with Crippen molar-refractivity contribution in [3.05, 3.63) is 42.0 Å². The Hall–Kier alpha value is -1.81. The number of benzene rings is 1. The van der Waals surface area contributed by atoms with E-state index < -0.39 is 0 Å². The Morgan fingerprint density at radius 1 is 1.40 bits per heavy atom. The van der Waals surface area contributed by atoms with Crippen molar-refractivity contribution in [1.29, 1.82) is 0 Å². The van der Waals surface area contributed by atoms with Crippen LogP contribution < -0.4 is 4.74 Å². The van der Waals surface area contributed by atoms with Gasteiger partial charge in [0.1, 0.15) is 5.75 Å². The van der Waals surface area contributed by atoms with Crippen molar-refractivity contribution in [2.24, 2.45) is 0 Å². The lowest BCUT2D eigenvalue weighted by Gasteiger charge is -2.20. The first-order valence-electron chi connectivity index (χ1n) is 6.98. The van der Waals surface area contributed by atoms with E-state index in [-0.39, 0.29) is 19.1 Å². The van der Waals surface area contributed by atoms with Crippen LogP contribution in [0.3, 0.4) is 0 Å². The summed E-state index contributed by atoms with van der Waals surface area (Å²) in [5.41, 5.74) is 2.71. The molecule has 1 aromatic carbocycles. The van der Waals surface area contributed by atoms with Crippen LogP contribution in [0.15, 0.2) is 30.9 Å². The zero-order valence-corrected chi connectivity index (χ0v) is 11.7. The summed E-state index contributed by atoms with van der Waals surface area (Å²) in [5.74, 6) is 0.598. The zero-order valence-electron chi connectivity index (χ0n) is 11.7. The maximum Gasteiger partial charge on any atom is 0.260 e. The molecule has 0 saturated carbocycles. The summed E-state index contributed by atoms with van der Waals surface area (Å²) < 4.78 is 5.56. The Morgan fingerprint density at radius 2 is 2.20 bits per heavy atom. The predicted molar refractivity (Wildman–Crippen MR) is 77.8 cm³/mol. The first kappa shape index (κ1) is 14.6. The molecule has 0 aliphatic heterocycles. The van der Waals surface area contributed by atoms with Crippen molar-refractivity contribution >= 4 is 5.91 Å². The molecule has 2 rings (SSSR count). The lowest BCUT2D eigenvalue weighted by Crippen LogP contribution is -2.37. The lowest BCUT2D eigenvalue weighted by atomic mass is 10.1. The Balaban J connectivity index is 1.90. The molecule has 0 saturated heterocycles. The van der Waals surface area contributed by atoms with Gasteiger partial charge in [-0.1, -0.05) is 12.1 Å². The third kappa shape index (κ3) is 3.61. The quantitative estimate of drug-likeness (QED) is 0.768. The van der Waals surface area contributed by atoms with Gasteiger partial charge in [0.15, 0.2) is 6.61 Å². The molecule has 1 aliphatic rings. The fraction of sp³-hybridized carbons (Fsp3) is 0.438. The van der Waals surface area contributed by atoms with Crippen LogP contribution in [0.25, 0.3) is 0 Å². The number of fused-ring (bicyclic) bond motifs is 1. The highest BCUT2D eigenvalue weighted by Gasteiger charge is 2.14. The van der Waals surface area contributed by atoms with Crippen LogP contribution in [0, 0.1) is 0 Å². The van der Waals surface area contributed by atoms with Crippen LogP contribution in [0.1, 0.15) is 17.5 Å². The SMILES string of the molecule is C=CCN(CCO)C(=O)COc1ccc2c(c1)CCC2. The molecule has 20 heavy (non-hydrogen) atoms. The molecule has 0 fully saturated rings. The number of aryl methyl sites for hydroxylation is 2. The maximum atomic E-state index is 12.0. The monoisotopic (exact) mass is 275 g/mol. The van der Waals surface area contributed by atoms with Gasteiger partial charge in [0, 0.05) is 13.1 Å². The van der Waals surface area contributed by atoms with Gasteiger partial charge in [-0.2, -0.15) is 0 Å². The topological polar surface area (TPSA) is 49.8 Å². The minimum absolute atomic E-state index is 0.00731. The smallest absolute Gasteiger partial charge is 0.260 e. The first-order valence-corrected chi connectivity index (χ1v) is 6.98. The molecular formula is C16H21NO3. The highest BCUT2D eigenvalue weighted by molar-refractivity contribution is 5.78. The molecule has 1 N–H and O–H groups in total. The van der Waals surface area contributed by atoms with Gasteiger partial charge in [-0.3, -0.25) is 4.79 Å². The van der Waals surface area contributed by atoms with Crippen molar-refractivity contribution in [2.45, 2.75) is 19.3 Å². The second kappa shape index (κ2) is 7.10. The largest absolute Gasteiger partial charge is 0.484 e. The Labute approximate surface area is 119 Å². The normalized spacial score (nSPS) is 12.8. The average molecular weight is 275 g/mol. The number of aliphatic hydroxyl groups is 1. The van der Waals surface area contributed by atoms with E-state index in [0.29, 0.717) is 13.1 Å². The van der Waals surface area contributed by atoms with E-state index in [9.17, 15) is 4.79 Å². The first-order chi connectivity index (χ1) is 9.74. The van der Waals surface area contributed by atoms with E-state index in [1.54, 1.807) is 6.08 Å². The molecule has 0 spiro atoms. The van der Waals surface area contributed by atoms with Crippen LogP contribution in [0.4, 0.5) is 0 Å². The summed E-state index contributed by atoms with van der Waals surface area (Å²) in [6, 6.07) is 6.03. The molecule has 4 nitrogen and oxygen atoms in total. The molecule has 1 aliphatic carbocycles. The molecular weight excluding hydrogens is 254 g/mol. The molecule has 1 aromatic rings. The molecule has 0 heterocycles. The summed E-state index contributed by atoms with van der Waals surface area (Å²) in [5, 5.41) is 8.93. The number of ether oxygens (including phenoxy) is 1. The van der Waals surface area contributed by atoms with Gasteiger partial charge in [0.2, 0.25) is 0 Å². The fourth-order valence-corrected chi connectivity index (χ4v) is 2.47. The summed E-state index contributed by atoms with van der Waals surface area (Å²) in [4.78, 5) is 13.5. The van der Waals surface area contributed by atoms with E-state index in [1.807, 2.05) is 12.1 Å². The molecule has 0 atom stereocenters. The Kier molecular flexibility index (Phi) is 5.18. The predicted octanol–water partition coefficient (Wildman–Crippen LogP) is 1.56. The standard InChI is InChI=1S/C16H21NO3/c1-2-8-17(9-10-18)16(19)12-20-15-7-6-13-4-3-5-14(13)11-15/h2,6-7,11,18H,1,3-5,8-10,12H2. The minimum atomic E-state index is -0.139. The molecule has 4 heteroatoms. The average Bonchev–Trinajstić information content (AvgIpc) is 2.92. The van der Waals surface area contributed by atoms with E-state index in [0.717, 1.165) is 18.6 Å². The third-order valence-corrected chi connectivity index (χ3v) is 3.50. The van der Waals surface area contributed by atoms with Crippen LogP contribution in [0.2, 0.25) is 0 Å². The fourth-order valence-electron chi connectivity index (χ4n) is 2.47. The van der Waals surface area contributed by atoms with Crippen LogP contribution in [-0.2, 0) is 17.6 Å². The van der Waals surface area contributed by atoms with E-state index in [1.165, 1.54) is 22.4 Å². The van der Waals surface area contributed by atoms with Gasteiger partial charge in [0.25, 0.3) is 5.91 Å². The maximum absolute atomic E-state index is 12.0. The Morgan fingerprint density at radius 3 is 2.95 bits per heavy atom. The molecule has 1 amide bonds. The molecule has 0 aromatic heterocycles. The number of nitrogens with zero attached hydrogens (tertiary/aromatic N) is 1. The van der Waals surface area contributed by atoms with Crippen LogP contribution >= 0.6 is 0 Å². The second-order valence-corrected chi connectivity index (χ2v) is 4.92. The number of carbonyl (C=O) groups excluding carboxylic acids is 1. The van der Waals surface area contributed by atoms with Gasteiger partial charge < -0.3 is 14.7 Å². The van der Waals surface area contributed by atoms with E-state index >= 15 is 0 Å². The van der Waals surface area contributed by atoms with E-state index in [2.05, 4.69) is 12.6 Å². The summed E-state index contributed by atoms with van der Waals surface area (Å²) in [6.45, 7) is 4.27. The van der Waals surface area contributed by atoms with Crippen molar-refractivity contribution in [3.8, 4) is 5.75 Å². The van der Waals surface area contributed by atoms with Crippen LogP contribution in [-0.4, -0.2) is 42.2 Å². The summed E-state index contributed by atoms with van der Waals surface area (Å²) >= 11 is 0. The molecule has 0 radical (unpaired) electrons. The van der Waals surface area contributed by atoms with Gasteiger partial charge in [-0.25, -0.2) is 0 Å². The van der Waals surface area contributed by atoms with Gasteiger partial charge >= 0.3 is 0 Å². The Bertz CT molecular complexity index is 485. The zero-order chi connectivity index (χ0) is 14.4. The van der Waals surface area contributed by atoms with Crippen molar-refractivity contribution < 1.29 is 14.6 Å². The summed E-state index contributed by atoms with van der Waals surface area (Å²) in [7, 11) is 0. The molecule has 108 valence electrons. The van der Waals surface area contributed by atoms with Gasteiger partial charge in [-0.15, -0.1) is 6.58 Å². The summed E-state index contributed by atoms with van der Waals surface area (Å²) in [6.07, 6.45) is 5.07. The van der Waals surface area contributed by atoms with Gasteiger partial charge in [-0.05, 0) is 42.5 Å². The minimum Gasteiger partial charge on any atom is -0.484 e. The number of carbonyl (C=O) groups is 1. The lowest BCUT2D eigenvalue weighted by molar-refractivity contribution is -0.133. The third-order valence-electron chi connectivity index (χ3n) is 3.50. The number of amides is 1. The number of hydrogen-bond acceptors (Lipinski definition) is 3. The highest BCUT2D eigenvalue weighted by Crippen LogP contribution is 2.25. The second-order valence-electron chi connectivity index (χ2n) is 4.92. The molecule has 0 bridgehead atoms.